The summed E-state index contributed by atoms with van der Waals surface area (Å²) in [4.78, 5) is 36.8. The van der Waals surface area contributed by atoms with Crippen molar-refractivity contribution < 1.29 is 17.9 Å². The van der Waals surface area contributed by atoms with Gasteiger partial charge in [-0.1, -0.05) is 97.1 Å². The van der Waals surface area contributed by atoms with Crippen molar-refractivity contribution in [3.05, 3.63) is 126 Å². The zero-order valence-electron chi connectivity index (χ0n) is 26.9. The van der Waals surface area contributed by atoms with Gasteiger partial charge in [-0.25, -0.2) is 29.9 Å². The number of nitrogens with one attached hydrogen (secondary N) is 2. The zero-order chi connectivity index (χ0) is 35.0. The van der Waals surface area contributed by atoms with Crippen molar-refractivity contribution in [2.45, 2.75) is 12.8 Å². The van der Waals surface area contributed by atoms with E-state index in [1.165, 1.54) is 12.1 Å². The first kappa shape index (κ1) is 29.9. The Bertz CT molecular complexity index is 2930. The molecular weight excluding hydrogens is 665 g/mol. The van der Waals surface area contributed by atoms with E-state index in [2.05, 4.69) is 9.97 Å². The van der Waals surface area contributed by atoms with Gasteiger partial charge in [0.2, 0.25) is 0 Å². The van der Waals surface area contributed by atoms with Crippen LogP contribution in [0.15, 0.2) is 115 Å². The second-order valence-electron chi connectivity index (χ2n) is 12.4. The molecule has 0 atom stereocenters. The molecule has 52 heavy (non-hydrogen) atoms. The highest BCUT2D eigenvalue weighted by molar-refractivity contribution is 6.07. The Hall–Kier alpha value is -6.95. The highest BCUT2D eigenvalue weighted by Crippen LogP contribution is 2.38. The van der Waals surface area contributed by atoms with Gasteiger partial charge in [0.15, 0.2) is 23.3 Å². The largest absolute Gasteiger partial charge is 0.489 e. The van der Waals surface area contributed by atoms with Crippen molar-refractivity contribution in [1.82, 2.24) is 39.9 Å². The van der Waals surface area contributed by atoms with Crippen LogP contribution < -0.4 is 4.74 Å². The predicted molar refractivity (Wildman–Crippen MR) is 192 cm³/mol. The van der Waals surface area contributed by atoms with Gasteiger partial charge < -0.3 is 14.7 Å². The van der Waals surface area contributed by atoms with Gasteiger partial charge in [-0.15, -0.1) is 0 Å². The summed E-state index contributed by atoms with van der Waals surface area (Å²) in [5.74, 6) is 1.96. The maximum absolute atomic E-state index is 13.5. The molecule has 8 aromatic rings. The lowest BCUT2D eigenvalue weighted by molar-refractivity contribution is -0.137. The average molecular weight is 689 g/mol. The van der Waals surface area contributed by atoms with Crippen molar-refractivity contribution in [3.63, 3.8) is 0 Å². The Morgan fingerprint density at radius 3 is 1.50 bits per heavy atom. The molecule has 0 radical (unpaired) electrons. The van der Waals surface area contributed by atoms with Gasteiger partial charge in [0.25, 0.3) is 0 Å². The van der Waals surface area contributed by atoms with Gasteiger partial charge in [0.05, 0.1) is 5.56 Å². The SMILES string of the molecule is FC(F)(F)c1cccc(OCc2cccc3c4nc5nc(nc6[nH]c(nc7nc(nc([nH]4)c23)-c2ccccc2-7)c2ccccc62)-c2ccccc2-5)c1. The van der Waals surface area contributed by atoms with Crippen molar-refractivity contribution in [1.29, 1.82) is 0 Å². The maximum Gasteiger partial charge on any atom is 0.416 e. The van der Waals surface area contributed by atoms with Gasteiger partial charge >= 0.3 is 6.18 Å². The van der Waals surface area contributed by atoms with Gasteiger partial charge in [-0.3, -0.25) is 0 Å². The molecule has 0 aliphatic carbocycles. The standard InChI is InChI=1S/C40H23F3N8O/c41-40(42,43)22-10-8-11-23(19-22)52-20-21-9-7-18-30-31(21)39-50-37-29-17-6-5-16-28(29)35(48-37)46-33-25-13-2-1-12-24(25)32(44-33)45-34-26-14-3-4-15-27(26)36(47-34)49-38(30)51-39/h1-19H,20H2,(H2,44,45,46,47,48,49,50,51). The minimum atomic E-state index is -4.50. The van der Waals surface area contributed by atoms with Crippen molar-refractivity contribution >= 4 is 44.1 Å². The molecule has 0 fully saturated rings. The molecule has 250 valence electrons. The number of fused-ring (bicyclic) bond motifs is 20. The predicted octanol–water partition coefficient (Wildman–Crippen LogP) is 9.47. The Morgan fingerprint density at radius 2 is 0.942 bits per heavy atom. The number of aromatic nitrogens is 8. The van der Waals surface area contributed by atoms with Crippen LogP contribution in [0, 0.1) is 0 Å². The van der Waals surface area contributed by atoms with Crippen molar-refractivity contribution in [2.75, 3.05) is 0 Å². The van der Waals surface area contributed by atoms with E-state index >= 15 is 0 Å². The van der Waals surface area contributed by atoms with E-state index in [4.69, 9.17) is 34.6 Å². The van der Waals surface area contributed by atoms with Crippen molar-refractivity contribution in [2.24, 2.45) is 0 Å². The number of ether oxygens (including phenoxy) is 1. The Kier molecular flexibility index (Phi) is 6.49. The molecule has 0 spiro atoms. The normalized spacial score (nSPS) is 12.2. The molecule has 9 nitrogen and oxygen atoms in total. The summed E-state index contributed by atoms with van der Waals surface area (Å²) in [5, 5.41) is 3.17. The molecule has 10 rings (SSSR count). The first-order valence-electron chi connectivity index (χ1n) is 16.4. The summed E-state index contributed by atoms with van der Waals surface area (Å²) in [7, 11) is 0. The molecule has 12 heteroatoms. The first-order valence-corrected chi connectivity index (χ1v) is 16.4. The van der Waals surface area contributed by atoms with Gasteiger partial charge in [0, 0.05) is 49.4 Å². The van der Waals surface area contributed by atoms with Gasteiger partial charge in [-0.2, -0.15) is 13.2 Å². The fraction of sp³-hybridized carbons (Fsp3) is 0.0500. The van der Waals surface area contributed by atoms with Gasteiger partial charge in [-0.05, 0) is 18.2 Å². The molecule has 0 unspecified atom stereocenters. The zero-order valence-corrected chi connectivity index (χ0v) is 26.9. The van der Waals surface area contributed by atoms with Crippen molar-refractivity contribution in [3.8, 4) is 51.3 Å². The summed E-state index contributed by atoms with van der Waals surface area (Å²) in [6.45, 7) is -0.0309. The van der Waals surface area contributed by atoms with Crippen LogP contribution in [0.25, 0.3) is 89.7 Å². The van der Waals surface area contributed by atoms with Crippen LogP contribution >= 0.6 is 0 Å². The van der Waals surface area contributed by atoms with Crippen LogP contribution in [-0.2, 0) is 12.8 Å². The lowest BCUT2D eigenvalue weighted by Crippen LogP contribution is -2.05. The number of benzene rings is 5. The molecule has 0 amide bonds. The number of alkyl halides is 3. The smallest absolute Gasteiger partial charge is 0.416 e. The molecule has 2 N–H and O–H groups in total. The quantitative estimate of drug-likeness (QED) is 0.190. The third kappa shape index (κ3) is 4.87. The summed E-state index contributed by atoms with van der Waals surface area (Å²) in [6, 6.07) is 33.9. The fourth-order valence-corrected chi connectivity index (χ4v) is 6.81. The number of rotatable bonds is 3. The van der Waals surface area contributed by atoms with Crippen LogP contribution in [0.4, 0.5) is 13.2 Å². The number of aromatic amines is 2. The van der Waals surface area contributed by atoms with E-state index in [1.54, 1.807) is 0 Å². The topological polar surface area (TPSA) is 118 Å². The van der Waals surface area contributed by atoms with Crippen LogP contribution in [0.2, 0.25) is 0 Å². The van der Waals surface area contributed by atoms with E-state index in [9.17, 15) is 13.2 Å². The maximum atomic E-state index is 13.5. The molecule has 0 saturated carbocycles. The third-order valence-corrected chi connectivity index (χ3v) is 9.22. The second-order valence-corrected chi connectivity index (χ2v) is 12.4. The molecule has 8 bridgehead atoms. The minimum Gasteiger partial charge on any atom is -0.489 e. The van der Waals surface area contributed by atoms with Crippen LogP contribution in [0.1, 0.15) is 11.1 Å². The molecule has 0 saturated heterocycles. The highest BCUT2D eigenvalue weighted by Gasteiger charge is 2.30. The highest BCUT2D eigenvalue weighted by atomic mass is 19.4. The summed E-state index contributed by atoms with van der Waals surface area (Å²) >= 11 is 0. The number of hydrogen-bond acceptors (Lipinski definition) is 7. The lowest BCUT2D eigenvalue weighted by Gasteiger charge is -2.11. The number of halogens is 3. The Labute approximate surface area is 291 Å². The van der Waals surface area contributed by atoms with E-state index in [0.29, 0.717) is 56.8 Å². The Morgan fingerprint density at radius 1 is 0.481 bits per heavy atom. The lowest BCUT2D eigenvalue weighted by atomic mass is 10.1. The van der Waals surface area contributed by atoms with E-state index in [1.807, 2.05) is 91.0 Å². The van der Waals surface area contributed by atoms with E-state index in [0.717, 1.165) is 50.5 Å². The third-order valence-electron chi connectivity index (χ3n) is 9.22. The van der Waals surface area contributed by atoms with Crippen LogP contribution in [-0.4, -0.2) is 39.9 Å². The molecule has 5 heterocycles. The monoisotopic (exact) mass is 688 g/mol. The summed E-state index contributed by atoms with van der Waals surface area (Å²) in [6.07, 6.45) is -4.50. The second kappa shape index (κ2) is 11.3. The Balaban J connectivity index is 1.27. The molecule has 5 aromatic carbocycles. The first-order chi connectivity index (χ1) is 25.4. The number of nitrogens with zero attached hydrogens (tertiary/aromatic N) is 6. The average Bonchev–Trinajstić information content (AvgIpc) is 3.90. The summed E-state index contributed by atoms with van der Waals surface area (Å²) in [5.41, 5.74) is 5.28. The molecule has 2 aliphatic heterocycles. The van der Waals surface area contributed by atoms with Crippen LogP contribution in [0.5, 0.6) is 5.75 Å². The fourth-order valence-electron chi connectivity index (χ4n) is 6.81. The number of H-pyrrole nitrogens is 2. The summed E-state index contributed by atoms with van der Waals surface area (Å²) < 4.78 is 46.4. The molecule has 3 aromatic heterocycles. The van der Waals surface area contributed by atoms with E-state index < -0.39 is 11.7 Å². The van der Waals surface area contributed by atoms with Crippen LogP contribution in [0.3, 0.4) is 0 Å². The molecule has 2 aliphatic rings. The van der Waals surface area contributed by atoms with Gasteiger partial charge in [0.1, 0.15) is 34.9 Å². The number of hydrogen-bond donors (Lipinski definition) is 2. The molecular formula is C40H23F3N8O. The minimum absolute atomic E-state index is 0.0309. The van der Waals surface area contributed by atoms with E-state index in [-0.39, 0.29) is 12.4 Å².